The molecule has 2 saturated heterocycles. The molecule has 0 amide bonds. The third-order valence-corrected chi connectivity index (χ3v) is 5.64. The second-order valence-corrected chi connectivity index (χ2v) is 6.71. The largest absolute Gasteiger partial charge is 0.392 e. The Morgan fingerprint density at radius 3 is 2.50 bits per heavy atom. The summed E-state index contributed by atoms with van der Waals surface area (Å²) >= 11 is 0. The molecule has 2 aliphatic carbocycles. The van der Waals surface area contributed by atoms with Gasteiger partial charge in [0, 0.05) is 10.8 Å². The zero-order valence-corrected chi connectivity index (χ0v) is 10.5. The summed E-state index contributed by atoms with van der Waals surface area (Å²) in [5, 5.41) is 10.3. The molecule has 0 aromatic rings. The average molecular weight is 226 g/mol. The van der Waals surface area contributed by atoms with Gasteiger partial charge in [-0.2, -0.15) is 0 Å². The summed E-state index contributed by atoms with van der Waals surface area (Å²) in [6, 6.07) is 0. The Kier molecular flexibility index (Phi) is 2.07. The maximum absolute atomic E-state index is 10.3. The SMILES string of the molecule is CC1(C)[C@@H](O)CC[C@@]2(C)C[C@@H]3CC[C@]12OO3. The molecule has 2 heterocycles. The standard InChI is InChI=1S/C13H22O3/c1-11(2)10(14)5-6-12(3)8-9-4-7-13(11,12)16-15-9/h9-10,14H,4-8H2,1-3H3/t9-,10-,12-,13-/m0/s1. The molecule has 4 rings (SSSR count). The van der Waals surface area contributed by atoms with Crippen molar-refractivity contribution in [1.29, 1.82) is 0 Å². The van der Waals surface area contributed by atoms with Crippen LogP contribution in [0.2, 0.25) is 0 Å². The van der Waals surface area contributed by atoms with E-state index < -0.39 is 0 Å². The van der Waals surface area contributed by atoms with Crippen LogP contribution >= 0.6 is 0 Å². The van der Waals surface area contributed by atoms with E-state index in [-0.39, 0.29) is 28.6 Å². The van der Waals surface area contributed by atoms with E-state index in [0.717, 1.165) is 32.1 Å². The van der Waals surface area contributed by atoms with Crippen LogP contribution in [0.25, 0.3) is 0 Å². The van der Waals surface area contributed by atoms with Crippen molar-refractivity contribution in [3.8, 4) is 0 Å². The summed E-state index contributed by atoms with van der Waals surface area (Å²) in [6.07, 6.45) is 5.13. The molecule has 0 unspecified atom stereocenters. The number of fused-ring (bicyclic) bond motifs is 2. The predicted octanol–water partition coefficient (Wildman–Crippen LogP) is 2.43. The van der Waals surface area contributed by atoms with Gasteiger partial charge in [-0.25, -0.2) is 9.78 Å². The molecule has 4 fully saturated rings. The van der Waals surface area contributed by atoms with Crippen LogP contribution in [0, 0.1) is 10.8 Å². The minimum atomic E-state index is -0.285. The van der Waals surface area contributed by atoms with Crippen LogP contribution in [0.5, 0.6) is 0 Å². The predicted molar refractivity (Wildman–Crippen MR) is 59.7 cm³/mol. The summed E-state index contributed by atoms with van der Waals surface area (Å²) in [7, 11) is 0. The van der Waals surface area contributed by atoms with E-state index in [0.29, 0.717) is 0 Å². The number of aliphatic hydroxyl groups is 1. The van der Waals surface area contributed by atoms with Gasteiger partial charge in [0.05, 0.1) is 12.2 Å². The van der Waals surface area contributed by atoms with Crippen molar-refractivity contribution in [2.24, 2.45) is 10.8 Å². The van der Waals surface area contributed by atoms with Crippen molar-refractivity contribution in [3.05, 3.63) is 0 Å². The van der Waals surface area contributed by atoms with Crippen LogP contribution in [-0.4, -0.2) is 22.9 Å². The van der Waals surface area contributed by atoms with Gasteiger partial charge >= 0.3 is 0 Å². The first-order chi connectivity index (χ1) is 7.41. The first-order valence-electron chi connectivity index (χ1n) is 6.44. The molecule has 0 aromatic carbocycles. The highest BCUT2D eigenvalue weighted by Gasteiger charge is 2.68. The maximum atomic E-state index is 10.3. The average Bonchev–Trinajstić information content (AvgIpc) is 2.25. The van der Waals surface area contributed by atoms with E-state index in [1.54, 1.807) is 0 Å². The van der Waals surface area contributed by atoms with Crippen LogP contribution in [0.4, 0.5) is 0 Å². The smallest absolute Gasteiger partial charge is 0.117 e. The van der Waals surface area contributed by atoms with Gasteiger partial charge in [0.2, 0.25) is 0 Å². The molecule has 2 aliphatic heterocycles. The van der Waals surface area contributed by atoms with Gasteiger partial charge in [0.25, 0.3) is 0 Å². The van der Waals surface area contributed by atoms with E-state index in [1.807, 2.05) is 0 Å². The highest BCUT2D eigenvalue weighted by Crippen LogP contribution is 2.65. The molecule has 92 valence electrons. The fourth-order valence-electron chi connectivity index (χ4n) is 4.41. The molecule has 16 heavy (non-hydrogen) atoms. The van der Waals surface area contributed by atoms with Gasteiger partial charge in [0.15, 0.2) is 0 Å². The molecule has 4 atom stereocenters. The lowest BCUT2D eigenvalue weighted by Gasteiger charge is -2.66. The molecule has 2 saturated carbocycles. The summed E-state index contributed by atoms with van der Waals surface area (Å²) in [4.78, 5) is 11.3. The molecule has 3 nitrogen and oxygen atoms in total. The lowest BCUT2D eigenvalue weighted by atomic mass is 9.47. The van der Waals surface area contributed by atoms with E-state index in [1.165, 1.54) is 0 Å². The van der Waals surface area contributed by atoms with Crippen LogP contribution in [0.15, 0.2) is 0 Å². The number of hydrogen-bond acceptors (Lipinski definition) is 3. The zero-order chi connectivity index (χ0) is 11.6. The summed E-state index contributed by atoms with van der Waals surface area (Å²) in [5.74, 6) is 0. The topological polar surface area (TPSA) is 38.7 Å². The van der Waals surface area contributed by atoms with E-state index in [4.69, 9.17) is 9.78 Å². The van der Waals surface area contributed by atoms with Crippen molar-refractivity contribution in [3.63, 3.8) is 0 Å². The van der Waals surface area contributed by atoms with Gasteiger partial charge in [-0.05, 0) is 32.1 Å². The number of rotatable bonds is 0. The Morgan fingerprint density at radius 1 is 1.12 bits per heavy atom. The first kappa shape index (κ1) is 11.0. The molecule has 3 heteroatoms. The Bertz CT molecular complexity index is 298. The Hall–Kier alpha value is -0.120. The van der Waals surface area contributed by atoms with Crippen molar-refractivity contribution in [2.75, 3.05) is 0 Å². The number of aliphatic hydroxyl groups excluding tert-OH is 1. The summed E-state index contributed by atoms with van der Waals surface area (Å²) < 4.78 is 0. The zero-order valence-electron chi connectivity index (χ0n) is 10.5. The fraction of sp³-hybridized carbons (Fsp3) is 1.00. The molecule has 0 radical (unpaired) electrons. The first-order valence-corrected chi connectivity index (χ1v) is 6.44. The number of hydrogen-bond donors (Lipinski definition) is 1. The van der Waals surface area contributed by atoms with E-state index in [2.05, 4.69) is 20.8 Å². The van der Waals surface area contributed by atoms with E-state index >= 15 is 0 Å². The van der Waals surface area contributed by atoms with Gasteiger partial charge in [-0.1, -0.05) is 20.8 Å². The lowest BCUT2D eigenvalue weighted by Crippen LogP contribution is -2.70. The lowest BCUT2D eigenvalue weighted by molar-refractivity contribution is -0.496. The van der Waals surface area contributed by atoms with Gasteiger partial charge in [-0.3, -0.25) is 0 Å². The maximum Gasteiger partial charge on any atom is 0.117 e. The quantitative estimate of drug-likeness (QED) is 0.645. The minimum Gasteiger partial charge on any atom is -0.392 e. The van der Waals surface area contributed by atoms with Gasteiger partial charge < -0.3 is 5.11 Å². The monoisotopic (exact) mass is 226 g/mol. The van der Waals surface area contributed by atoms with Crippen LogP contribution in [0.1, 0.15) is 52.9 Å². The Labute approximate surface area is 97.1 Å². The minimum absolute atomic E-state index is 0.177. The van der Waals surface area contributed by atoms with E-state index in [9.17, 15) is 5.11 Å². The third kappa shape index (κ3) is 1.05. The highest BCUT2D eigenvalue weighted by molar-refractivity contribution is 5.15. The third-order valence-electron chi connectivity index (χ3n) is 5.64. The molecule has 0 aromatic heterocycles. The van der Waals surface area contributed by atoms with Crippen LogP contribution in [0.3, 0.4) is 0 Å². The van der Waals surface area contributed by atoms with Crippen molar-refractivity contribution in [2.45, 2.75) is 70.7 Å². The van der Waals surface area contributed by atoms with Crippen LogP contribution < -0.4 is 0 Å². The second kappa shape index (κ2) is 3.01. The molecular formula is C13H22O3. The van der Waals surface area contributed by atoms with Crippen molar-refractivity contribution >= 4 is 0 Å². The Balaban J connectivity index is 2.08. The molecule has 1 spiro atoms. The fourth-order valence-corrected chi connectivity index (χ4v) is 4.41. The van der Waals surface area contributed by atoms with Crippen LogP contribution in [-0.2, 0) is 9.78 Å². The van der Waals surface area contributed by atoms with Gasteiger partial charge in [-0.15, -0.1) is 0 Å². The summed E-state index contributed by atoms with van der Waals surface area (Å²) in [5.41, 5.74) is -0.325. The summed E-state index contributed by atoms with van der Waals surface area (Å²) in [6.45, 7) is 6.57. The molecular weight excluding hydrogens is 204 g/mol. The Morgan fingerprint density at radius 2 is 1.88 bits per heavy atom. The molecule has 4 aliphatic rings. The highest BCUT2D eigenvalue weighted by atomic mass is 17.2. The van der Waals surface area contributed by atoms with Crippen molar-refractivity contribution in [1.82, 2.24) is 0 Å². The normalized spacial score (nSPS) is 54.8. The second-order valence-electron chi connectivity index (χ2n) is 6.71. The van der Waals surface area contributed by atoms with Gasteiger partial charge in [0.1, 0.15) is 5.60 Å². The van der Waals surface area contributed by atoms with Crippen molar-refractivity contribution < 1.29 is 14.9 Å². The molecule has 1 N–H and O–H groups in total. The molecule has 2 bridgehead atoms.